The molecule has 0 saturated carbocycles. The summed E-state index contributed by atoms with van der Waals surface area (Å²) in [6.45, 7) is 5.40. The van der Waals surface area contributed by atoms with Crippen LogP contribution in [0.2, 0.25) is 0 Å². The van der Waals surface area contributed by atoms with Crippen LogP contribution in [0.1, 0.15) is 37.1 Å². The van der Waals surface area contributed by atoms with Crippen LogP contribution >= 0.6 is 0 Å². The summed E-state index contributed by atoms with van der Waals surface area (Å²) in [7, 11) is 1.71. The number of halogens is 2. The number of hydrogen-bond acceptors (Lipinski definition) is 6. The van der Waals surface area contributed by atoms with Crippen molar-refractivity contribution < 1.29 is 33.6 Å². The van der Waals surface area contributed by atoms with Gasteiger partial charge in [-0.15, -0.1) is 5.10 Å². The highest BCUT2D eigenvalue weighted by Gasteiger charge is 2.46. The van der Waals surface area contributed by atoms with Gasteiger partial charge in [-0.25, -0.2) is 8.78 Å². The summed E-state index contributed by atoms with van der Waals surface area (Å²) in [5.41, 5.74) is 2.28. The molecule has 0 amide bonds. The van der Waals surface area contributed by atoms with Crippen molar-refractivity contribution >= 4 is 0 Å². The van der Waals surface area contributed by atoms with Gasteiger partial charge in [-0.1, -0.05) is 32.4 Å². The van der Waals surface area contributed by atoms with Gasteiger partial charge in [-0.3, -0.25) is 4.68 Å². The summed E-state index contributed by atoms with van der Waals surface area (Å²) in [5.74, 6) is -0.203. The SMILES string of the molecule is CCC.Cc1c(Cc2ccc(F)cc2)c(OC2OC(CO)C(F)C(O)C2O)nn1C. The second-order valence-corrected chi connectivity index (χ2v) is 7.27. The number of rotatable bonds is 5. The first kappa shape index (κ1) is 24.2. The summed E-state index contributed by atoms with van der Waals surface area (Å²) in [4.78, 5) is 0. The van der Waals surface area contributed by atoms with Crippen LogP contribution in [0.25, 0.3) is 0 Å². The second-order valence-electron chi connectivity index (χ2n) is 7.27. The molecule has 2 aromatic rings. The van der Waals surface area contributed by atoms with Gasteiger partial charge in [0.2, 0.25) is 12.2 Å². The number of aryl methyl sites for hydroxylation is 1. The Hall–Kier alpha value is -2.07. The van der Waals surface area contributed by atoms with Crippen molar-refractivity contribution in [2.45, 2.75) is 64.4 Å². The van der Waals surface area contributed by atoms with E-state index in [0.29, 0.717) is 12.0 Å². The van der Waals surface area contributed by atoms with Gasteiger partial charge in [0.25, 0.3) is 0 Å². The minimum Gasteiger partial charge on any atom is -0.443 e. The third kappa shape index (κ3) is 5.54. The predicted molar refractivity (Wildman–Crippen MR) is 106 cm³/mol. The number of aromatic nitrogens is 2. The predicted octanol–water partition coefficient (Wildman–Crippen LogP) is 2.03. The molecule has 1 aliphatic rings. The van der Waals surface area contributed by atoms with Gasteiger partial charge in [0, 0.05) is 24.7 Å². The van der Waals surface area contributed by atoms with Crippen molar-refractivity contribution in [2.75, 3.05) is 6.61 Å². The third-order valence-corrected chi connectivity index (χ3v) is 4.74. The van der Waals surface area contributed by atoms with E-state index in [-0.39, 0.29) is 11.7 Å². The van der Waals surface area contributed by atoms with Crippen molar-refractivity contribution in [3.8, 4) is 5.88 Å². The fourth-order valence-electron chi connectivity index (χ4n) is 2.97. The van der Waals surface area contributed by atoms with Crippen molar-refractivity contribution in [1.82, 2.24) is 9.78 Å². The molecule has 168 valence electrons. The van der Waals surface area contributed by atoms with Crippen molar-refractivity contribution in [2.24, 2.45) is 7.05 Å². The minimum atomic E-state index is -1.94. The van der Waals surface area contributed by atoms with E-state index in [1.165, 1.54) is 18.6 Å². The Labute approximate surface area is 174 Å². The molecule has 5 atom stereocenters. The molecule has 0 aliphatic carbocycles. The van der Waals surface area contributed by atoms with Crippen LogP contribution in [0.5, 0.6) is 5.88 Å². The lowest BCUT2D eigenvalue weighted by molar-refractivity contribution is -0.266. The molecule has 1 saturated heterocycles. The second kappa shape index (κ2) is 10.8. The van der Waals surface area contributed by atoms with E-state index in [4.69, 9.17) is 9.47 Å². The molecule has 1 aromatic heterocycles. The first-order chi connectivity index (χ1) is 14.2. The maximum absolute atomic E-state index is 13.9. The summed E-state index contributed by atoms with van der Waals surface area (Å²) >= 11 is 0. The molecule has 1 aromatic carbocycles. The zero-order valence-corrected chi connectivity index (χ0v) is 17.6. The Bertz CT molecular complexity index is 797. The Kier molecular flexibility index (Phi) is 8.72. The Morgan fingerprint density at radius 1 is 1.17 bits per heavy atom. The van der Waals surface area contributed by atoms with Gasteiger partial charge < -0.3 is 24.8 Å². The van der Waals surface area contributed by atoms with Crippen LogP contribution in [-0.2, 0) is 18.2 Å². The molecule has 0 bridgehead atoms. The number of nitrogens with zero attached hydrogens (tertiary/aromatic N) is 2. The molecular formula is C21H30F2N2O5. The standard InChI is InChI=1S/C18H22F2N2O5.C3H8/c1-9-12(7-10-3-5-11(19)6-4-10)17(21-22(9)2)27-18-16(25)15(24)14(20)13(8-23)26-18;1-3-2/h3-6,13-16,18,23-25H,7-8H2,1-2H3;3H2,1-2H3. The van der Waals surface area contributed by atoms with Crippen molar-refractivity contribution in [3.63, 3.8) is 0 Å². The van der Waals surface area contributed by atoms with Crippen LogP contribution in [0.4, 0.5) is 8.78 Å². The normalized spacial score (nSPS) is 26.1. The molecule has 1 aliphatic heterocycles. The lowest BCUT2D eigenvalue weighted by Gasteiger charge is -2.38. The molecule has 2 heterocycles. The Morgan fingerprint density at radius 2 is 1.77 bits per heavy atom. The summed E-state index contributed by atoms with van der Waals surface area (Å²) in [6, 6.07) is 5.96. The molecule has 3 N–H and O–H groups in total. The molecule has 5 unspecified atom stereocenters. The minimum absolute atomic E-state index is 0.143. The van der Waals surface area contributed by atoms with E-state index in [1.54, 1.807) is 23.9 Å². The smallest absolute Gasteiger partial charge is 0.239 e. The molecule has 7 nitrogen and oxygen atoms in total. The highest BCUT2D eigenvalue weighted by molar-refractivity contribution is 5.36. The highest BCUT2D eigenvalue weighted by Crippen LogP contribution is 2.29. The summed E-state index contributed by atoms with van der Waals surface area (Å²) in [6.07, 6.45) is -6.43. The first-order valence-electron chi connectivity index (χ1n) is 9.93. The number of hydrogen-bond donors (Lipinski definition) is 3. The molecule has 0 radical (unpaired) electrons. The first-order valence-corrected chi connectivity index (χ1v) is 9.93. The molecule has 3 rings (SSSR count). The van der Waals surface area contributed by atoms with Crippen LogP contribution in [0.3, 0.4) is 0 Å². The molecule has 1 fully saturated rings. The van der Waals surface area contributed by atoms with Gasteiger partial charge in [-0.2, -0.15) is 0 Å². The maximum Gasteiger partial charge on any atom is 0.239 e. The van der Waals surface area contributed by atoms with Crippen LogP contribution in [0, 0.1) is 12.7 Å². The van der Waals surface area contributed by atoms with E-state index in [0.717, 1.165) is 11.3 Å². The van der Waals surface area contributed by atoms with Gasteiger partial charge >= 0.3 is 0 Å². The summed E-state index contributed by atoms with van der Waals surface area (Å²) in [5, 5.41) is 33.3. The van der Waals surface area contributed by atoms with Gasteiger partial charge in [0.1, 0.15) is 24.1 Å². The maximum atomic E-state index is 13.9. The van der Waals surface area contributed by atoms with E-state index >= 15 is 0 Å². The van der Waals surface area contributed by atoms with Gasteiger partial charge in [0.15, 0.2) is 6.17 Å². The van der Waals surface area contributed by atoms with E-state index in [1.807, 2.05) is 6.92 Å². The van der Waals surface area contributed by atoms with Crippen LogP contribution in [0.15, 0.2) is 24.3 Å². The van der Waals surface area contributed by atoms with Crippen LogP contribution in [-0.4, -0.2) is 62.5 Å². The van der Waals surface area contributed by atoms with E-state index in [9.17, 15) is 24.1 Å². The van der Waals surface area contributed by atoms with Crippen molar-refractivity contribution in [3.05, 3.63) is 46.9 Å². The van der Waals surface area contributed by atoms with Gasteiger partial charge in [-0.05, 0) is 24.6 Å². The molecular weight excluding hydrogens is 398 g/mol. The lowest BCUT2D eigenvalue weighted by Crippen LogP contribution is -2.58. The Balaban J connectivity index is 0.00000101. The number of aliphatic hydroxyl groups is 3. The fraction of sp³-hybridized carbons (Fsp3) is 0.571. The number of aliphatic hydroxyl groups excluding tert-OH is 3. The molecule has 0 spiro atoms. The van der Waals surface area contributed by atoms with Gasteiger partial charge in [0.05, 0.1) is 6.61 Å². The number of benzene rings is 1. The monoisotopic (exact) mass is 428 g/mol. The van der Waals surface area contributed by atoms with Crippen molar-refractivity contribution in [1.29, 1.82) is 0 Å². The zero-order chi connectivity index (χ0) is 22.4. The zero-order valence-electron chi connectivity index (χ0n) is 17.6. The molecule has 9 heteroatoms. The number of ether oxygens (including phenoxy) is 2. The topological polar surface area (TPSA) is 97.0 Å². The Morgan fingerprint density at radius 3 is 2.33 bits per heavy atom. The largest absolute Gasteiger partial charge is 0.443 e. The fourth-order valence-corrected chi connectivity index (χ4v) is 2.97. The number of alkyl halides is 1. The van der Waals surface area contributed by atoms with Crippen LogP contribution < -0.4 is 4.74 Å². The highest BCUT2D eigenvalue weighted by atomic mass is 19.1. The quantitative estimate of drug-likeness (QED) is 0.674. The molecule has 30 heavy (non-hydrogen) atoms. The average molecular weight is 428 g/mol. The summed E-state index contributed by atoms with van der Waals surface area (Å²) < 4.78 is 39.4. The van der Waals surface area contributed by atoms with E-state index in [2.05, 4.69) is 18.9 Å². The lowest BCUT2D eigenvalue weighted by atomic mass is 10.0. The van der Waals surface area contributed by atoms with E-state index < -0.39 is 37.4 Å². The third-order valence-electron chi connectivity index (χ3n) is 4.74. The average Bonchev–Trinajstić information content (AvgIpc) is 2.98.